The molecule has 0 saturated heterocycles. The molecule has 0 bridgehead atoms. The summed E-state index contributed by atoms with van der Waals surface area (Å²) in [7, 11) is 0. The molecule has 0 spiro atoms. The van der Waals surface area contributed by atoms with Gasteiger partial charge in [-0.3, -0.25) is 5.26 Å². The molecule has 0 aliphatic rings. The van der Waals surface area contributed by atoms with Gasteiger partial charge in [0.25, 0.3) is 0 Å². The zero-order valence-corrected chi connectivity index (χ0v) is 9.05. The first-order valence-electron chi connectivity index (χ1n) is 4.98. The molecule has 0 amide bonds. The van der Waals surface area contributed by atoms with Crippen LogP contribution in [0.4, 0.5) is 0 Å². The number of fused-ring (bicyclic) bond motifs is 1. The number of benzene rings is 2. The van der Waals surface area contributed by atoms with E-state index in [2.05, 4.69) is 53.4 Å². The van der Waals surface area contributed by atoms with E-state index in [4.69, 9.17) is 5.26 Å². The molecule has 0 heterocycles. The van der Waals surface area contributed by atoms with Crippen molar-refractivity contribution >= 4 is 10.8 Å². The average molecular weight is 204 g/mol. The molecule has 2 nitrogen and oxygen atoms in total. The number of hydrogen-bond donors (Lipinski definition) is 1. The van der Waals surface area contributed by atoms with Crippen LogP contribution in [0.2, 0.25) is 0 Å². The highest BCUT2D eigenvalue weighted by atomic mass is 17.1. The van der Waals surface area contributed by atoms with Crippen molar-refractivity contribution in [1.82, 2.24) is 0 Å². The van der Waals surface area contributed by atoms with E-state index in [-0.39, 0.29) is 6.10 Å². The van der Waals surface area contributed by atoms with Crippen molar-refractivity contribution in [2.24, 2.45) is 0 Å². The standard InChI is InChI=1S/C10H8.C3H8O2/c1-2-6-10-8-4-3-7-9(10)5-1;1-3(2)5-4/h1-8H;3-4H,1-2H3. The SMILES string of the molecule is CC(C)OO.c1ccc2ccccc2c1. The van der Waals surface area contributed by atoms with Crippen molar-refractivity contribution in [3.63, 3.8) is 0 Å². The molecule has 2 heteroatoms. The Morgan fingerprint density at radius 2 is 1.13 bits per heavy atom. The molecule has 0 unspecified atom stereocenters. The first kappa shape index (κ1) is 11.7. The lowest BCUT2D eigenvalue weighted by molar-refractivity contribution is -0.269. The average Bonchev–Trinajstić information content (AvgIpc) is 2.30. The van der Waals surface area contributed by atoms with Crippen LogP contribution in [0.5, 0.6) is 0 Å². The van der Waals surface area contributed by atoms with Crippen LogP contribution in [0.25, 0.3) is 10.8 Å². The van der Waals surface area contributed by atoms with Gasteiger partial charge in [-0.2, -0.15) is 0 Å². The van der Waals surface area contributed by atoms with Gasteiger partial charge in [0.1, 0.15) is 0 Å². The quantitative estimate of drug-likeness (QED) is 0.566. The Bertz CT molecular complexity index is 331. The molecule has 0 aromatic heterocycles. The second-order valence-corrected chi connectivity index (χ2v) is 3.50. The number of hydrogen-bond acceptors (Lipinski definition) is 2. The van der Waals surface area contributed by atoms with E-state index in [0.29, 0.717) is 0 Å². The molecule has 0 aliphatic carbocycles. The highest BCUT2D eigenvalue weighted by Gasteiger charge is 1.85. The second kappa shape index (κ2) is 6.17. The first-order valence-corrected chi connectivity index (χ1v) is 4.98. The van der Waals surface area contributed by atoms with Gasteiger partial charge in [0.2, 0.25) is 0 Å². The van der Waals surface area contributed by atoms with E-state index in [1.165, 1.54) is 10.8 Å². The molecule has 15 heavy (non-hydrogen) atoms. The van der Waals surface area contributed by atoms with Gasteiger partial charge in [-0.1, -0.05) is 48.5 Å². The molecular weight excluding hydrogens is 188 g/mol. The van der Waals surface area contributed by atoms with Crippen molar-refractivity contribution in [2.75, 3.05) is 0 Å². The van der Waals surface area contributed by atoms with Crippen molar-refractivity contribution in [1.29, 1.82) is 0 Å². The third-order valence-electron chi connectivity index (χ3n) is 1.87. The van der Waals surface area contributed by atoms with Gasteiger partial charge < -0.3 is 0 Å². The summed E-state index contributed by atoms with van der Waals surface area (Å²) in [6.45, 7) is 3.50. The van der Waals surface area contributed by atoms with Crippen molar-refractivity contribution in [3.8, 4) is 0 Å². The van der Waals surface area contributed by atoms with Gasteiger partial charge in [0.05, 0.1) is 6.10 Å². The highest BCUT2D eigenvalue weighted by Crippen LogP contribution is 2.11. The monoisotopic (exact) mass is 204 g/mol. The van der Waals surface area contributed by atoms with Gasteiger partial charge in [-0.25, -0.2) is 4.89 Å². The Kier molecular flexibility index (Phi) is 4.81. The van der Waals surface area contributed by atoms with Gasteiger partial charge in [-0.05, 0) is 24.6 Å². The maximum absolute atomic E-state index is 7.64. The van der Waals surface area contributed by atoms with Crippen LogP contribution in [0.3, 0.4) is 0 Å². The molecule has 0 radical (unpaired) electrons. The van der Waals surface area contributed by atoms with Gasteiger partial charge >= 0.3 is 0 Å². The predicted molar refractivity (Wildman–Crippen MR) is 62.8 cm³/mol. The largest absolute Gasteiger partial charge is 0.252 e. The lowest BCUT2D eigenvalue weighted by Gasteiger charge is -1.92. The molecule has 2 aromatic rings. The lowest BCUT2D eigenvalue weighted by atomic mass is 10.1. The maximum atomic E-state index is 7.64. The van der Waals surface area contributed by atoms with Crippen LogP contribution in [-0.2, 0) is 4.89 Å². The van der Waals surface area contributed by atoms with Gasteiger partial charge in [-0.15, -0.1) is 0 Å². The van der Waals surface area contributed by atoms with Crippen molar-refractivity contribution in [2.45, 2.75) is 20.0 Å². The Morgan fingerprint density at radius 3 is 1.33 bits per heavy atom. The van der Waals surface area contributed by atoms with Crippen LogP contribution in [0, 0.1) is 0 Å². The minimum Gasteiger partial charge on any atom is -0.252 e. The Labute approximate surface area is 90.1 Å². The topological polar surface area (TPSA) is 29.5 Å². The summed E-state index contributed by atoms with van der Waals surface area (Å²) in [6, 6.07) is 16.7. The summed E-state index contributed by atoms with van der Waals surface area (Å²) in [4.78, 5) is 3.75. The summed E-state index contributed by atoms with van der Waals surface area (Å²) < 4.78 is 0. The molecule has 2 rings (SSSR count). The van der Waals surface area contributed by atoms with E-state index >= 15 is 0 Å². The van der Waals surface area contributed by atoms with Gasteiger partial charge in [0, 0.05) is 0 Å². The molecule has 80 valence electrons. The summed E-state index contributed by atoms with van der Waals surface area (Å²) in [6.07, 6.45) is -0.0602. The molecule has 1 N–H and O–H groups in total. The first-order chi connectivity index (χ1) is 7.24. The zero-order chi connectivity index (χ0) is 11.1. The van der Waals surface area contributed by atoms with Crippen LogP contribution in [0.15, 0.2) is 48.5 Å². The minimum absolute atomic E-state index is 0.0602. The Morgan fingerprint density at radius 1 is 0.867 bits per heavy atom. The summed E-state index contributed by atoms with van der Waals surface area (Å²) in [5.41, 5.74) is 0. The molecule has 0 fully saturated rings. The summed E-state index contributed by atoms with van der Waals surface area (Å²) in [5, 5.41) is 10.3. The summed E-state index contributed by atoms with van der Waals surface area (Å²) >= 11 is 0. The van der Waals surface area contributed by atoms with E-state index in [0.717, 1.165) is 0 Å². The third kappa shape index (κ3) is 4.11. The van der Waals surface area contributed by atoms with E-state index in [9.17, 15) is 0 Å². The van der Waals surface area contributed by atoms with E-state index in [1.807, 2.05) is 0 Å². The fraction of sp³-hybridized carbons (Fsp3) is 0.231. The zero-order valence-electron chi connectivity index (χ0n) is 9.05. The van der Waals surface area contributed by atoms with Crippen LogP contribution in [-0.4, -0.2) is 11.4 Å². The fourth-order valence-corrected chi connectivity index (χ4v) is 1.13. The highest BCUT2D eigenvalue weighted by molar-refractivity contribution is 5.81. The number of rotatable bonds is 1. The lowest BCUT2D eigenvalue weighted by Crippen LogP contribution is -1.95. The molecule has 0 aliphatic heterocycles. The van der Waals surface area contributed by atoms with Crippen molar-refractivity contribution < 1.29 is 10.1 Å². The molecular formula is C13H16O2. The predicted octanol–water partition coefficient (Wildman–Crippen LogP) is 3.72. The Balaban J connectivity index is 0.000000195. The van der Waals surface area contributed by atoms with Crippen LogP contribution < -0.4 is 0 Å². The minimum atomic E-state index is -0.0602. The maximum Gasteiger partial charge on any atom is 0.0871 e. The van der Waals surface area contributed by atoms with Gasteiger partial charge in [0.15, 0.2) is 0 Å². The molecule has 0 saturated carbocycles. The normalized spacial score (nSPS) is 9.87. The Hall–Kier alpha value is -1.38. The van der Waals surface area contributed by atoms with Crippen LogP contribution in [0.1, 0.15) is 13.8 Å². The molecule has 2 aromatic carbocycles. The molecule has 0 atom stereocenters. The van der Waals surface area contributed by atoms with Crippen LogP contribution >= 0.6 is 0 Å². The second-order valence-electron chi connectivity index (χ2n) is 3.50. The third-order valence-corrected chi connectivity index (χ3v) is 1.87. The van der Waals surface area contributed by atoms with E-state index in [1.54, 1.807) is 13.8 Å². The smallest absolute Gasteiger partial charge is 0.0871 e. The summed E-state index contributed by atoms with van der Waals surface area (Å²) in [5.74, 6) is 0. The van der Waals surface area contributed by atoms with Crippen molar-refractivity contribution in [3.05, 3.63) is 48.5 Å². The fourth-order valence-electron chi connectivity index (χ4n) is 1.13. The van der Waals surface area contributed by atoms with E-state index < -0.39 is 0 Å².